The van der Waals surface area contributed by atoms with Crippen LogP contribution >= 0.6 is 11.6 Å². The predicted molar refractivity (Wildman–Crippen MR) is 87.0 cm³/mol. The Bertz CT molecular complexity index is 641. The molecule has 0 aromatic heterocycles. The molecule has 2 unspecified atom stereocenters. The highest BCUT2D eigenvalue weighted by Gasteiger charge is 2.29. The second-order valence-electron chi connectivity index (χ2n) is 5.49. The minimum Gasteiger partial charge on any atom is -0.485 e. The van der Waals surface area contributed by atoms with Crippen LogP contribution in [0.15, 0.2) is 42.5 Å². The van der Waals surface area contributed by atoms with Crippen molar-refractivity contribution in [2.75, 3.05) is 6.54 Å². The molecule has 1 heterocycles. The molecule has 2 atom stereocenters. The van der Waals surface area contributed by atoms with Gasteiger partial charge in [-0.05, 0) is 42.8 Å². The van der Waals surface area contributed by atoms with Gasteiger partial charge >= 0.3 is 0 Å². The molecule has 0 spiro atoms. The number of hydrogen-bond donors (Lipinski definition) is 1. The van der Waals surface area contributed by atoms with Gasteiger partial charge in [-0.25, -0.2) is 0 Å². The van der Waals surface area contributed by atoms with Crippen molar-refractivity contribution in [2.24, 2.45) is 0 Å². The molecule has 21 heavy (non-hydrogen) atoms. The smallest absolute Gasteiger partial charge is 0.126 e. The molecular formula is C18H20ClNO. The van der Waals surface area contributed by atoms with Crippen molar-refractivity contribution < 1.29 is 4.74 Å². The number of hydrogen-bond acceptors (Lipinski definition) is 2. The summed E-state index contributed by atoms with van der Waals surface area (Å²) < 4.78 is 6.23. The van der Waals surface area contributed by atoms with Gasteiger partial charge in [0, 0.05) is 23.0 Å². The fourth-order valence-corrected chi connectivity index (χ4v) is 3.20. The second-order valence-corrected chi connectivity index (χ2v) is 5.93. The zero-order valence-corrected chi connectivity index (χ0v) is 13.2. The van der Waals surface area contributed by atoms with E-state index in [1.807, 2.05) is 18.2 Å². The molecular weight excluding hydrogens is 282 g/mol. The highest BCUT2D eigenvalue weighted by atomic mass is 35.5. The third-order valence-electron chi connectivity index (χ3n) is 4.05. The number of halogens is 1. The monoisotopic (exact) mass is 301 g/mol. The Morgan fingerprint density at radius 3 is 2.76 bits per heavy atom. The van der Waals surface area contributed by atoms with Crippen LogP contribution in [0.1, 0.15) is 42.2 Å². The van der Waals surface area contributed by atoms with E-state index in [-0.39, 0.29) is 12.1 Å². The van der Waals surface area contributed by atoms with Crippen LogP contribution in [0.25, 0.3) is 0 Å². The number of benzene rings is 2. The fourth-order valence-electron chi connectivity index (χ4n) is 3.02. The van der Waals surface area contributed by atoms with Gasteiger partial charge in [0.1, 0.15) is 11.9 Å². The average Bonchev–Trinajstić information content (AvgIpc) is 2.48. The van der Waals surface area contributed by atoms with Crippen LogP contribution in [0.4, 0.5) is 0 Å². The maximum atomic E-state index is 6.23. The molecule has 0 saturated carbocycles. The first-order valence-electron chi connectivity index (χ1n) is 7.44. The standard InChI is InChI=1S/C18H20ClNO/c1-3-20-16-11-18(14-7-5-4-6-12(14)2)21-17-9-8-13(19)10-15(16)17/h4-10,16,18,20H,3,11H2,1-2H3. The summed E-state index contributed by atoms with van der Waals surface area (Å²) in [5, 5.41) is 4.31. The Morgan fingerprint density at radius 2 is 2.00 bits per heavy atom. The van der Waals surface area contributed by atoms with E-state index in [0.717, 1.165) is 29.3 Å². The zero-order valence-electron chi connectivity index (χ0n) is 12.4. The van der Waals surface area contributed by atoms with Crippen LogP contribution in [-0.4, -0.2) is 6.54 Å². The molecule has 2 nitrogen and oxygen atoms in total. The SMILES string of the molecule is CCNC1CC(c2ccccc2C)Oc2ccc(Cl)cc21. The van der Waals surface area contributed by atoms with Gasteiger partial charge in [-0.15, -0.1) is 0 Å². The molecule has 0 amide bonds. The van der Waals surface area contributed by atoms with E-state index in [4.69, 9.17) is 16.3 Å². The van der Waals surface area contributed by atoms with E-state index < -0.39 is 0 Å². The lowest BCUT2D eigenvalue weighted by atomic mass is 9.91. The molecule has 2 aromatic carbocycles. The summed E-state index contributed by atoms with van der Waals surface area (Å²) in [5.41, 5.74) is 3.70. The van der Waals surface area contributed by atoms with Crippen molar-refractivity contribution in [1.82, 2.24) is 5.32 Å². The Hall–Kier alpha value is -1.51. The van der Waals surface area contributed by atoms with Crippen molar-refractivity contribution in [1.29, 1.82) is 0 Å². The molecule has 1 N–H and O–H groups in total. The van der Waals surface area contributed by atoms with Crippen molar-refractivity contribution in [2.45, 2.75) is 32.4 Å². The number of aryl methyl sites for hydroxylation is 1. The van der Waals surface area contributed by atoms with Crippen LogP contribution in [-0.2, 0) is 0 Å². The molecule has 0 fully saturated rings. The summed E-state index contributed by atoms with van der Waals surface area (Å²) in [5.74, 6) is 0.935. The maximum Gasteiger partial charge on any atom is 0.126 e. The van der Waals surface area contributed by atoms with Crippen LogP contribution in [0, 0.1) is 6.92 Å². The first-order chi connectivity index (χ1) is 10.2. The molecule has 0 saturated heterocycles. The minimum atomic E-state index is 0.0870. The Kier molecular flexibility index (Phi) is 4.18. The molecule has 3 heteroatoms. The number of rotatable bonds is 3. The van der Waals surface area contributed by atoms with Gasteiger partial charge in [0.2, 0.25) is 0 Å². The van der Waals surface area contributed by atoms with Crippen LogP contribution in [0.5, 0.6) is 5.75 Å². The van der Waals surface area contributed by atoms with E-state index in [0.29, 0.717) is 0 Å². The van der Waals surface area contributed by atoms with Crippen molar-refractivity contribution in [3.63, 3.8) is 0 Å². The zero-order chi connectivity index (χ0) is 14.8. The first kappa shape index (κ1) is 14.4. The van der Waals surface area contributed by atoms with Gasteiger partial charge < -0.3 is 10.1 Å². The summed E-state index contributed by atoms with van der Waals surface area (Å²) in [6.07, 6.45) is 1.01. The number of ether oxygens (including phenoxy) is 1. The lowest BCUT2D eigenvalue weighted by Gasteiger charge is -2.33. The van der Waals surface area contributed by atoms with Crippen molar-refractivity contribution in [3.05, 3.63) is 64.2 Å². The van der Waals surface area contributed by atoms with Crippen LogP contribution < -0.4 is 10.1 Å². The fraction of sp³-hybridized carbons (Fsp3) is 0.333. The quantitative estimate of drug-likeness (QED) is 0.877. The topological polar surface area (TPSA) is 21.3 Å². The largest absolute Gasteiger partial charge is 0.485 e. The Morgan fingerprint density at radius 1 is 1.19 bits per heavy atom. The average molecular weight is 302 g/mol. The predicted octanol–water partition coefficient (Wildman–Crippen LogP) is 4.82. The van der Waals surface area contributed by atoms with E-state index in [9.17, 15) is 0 Å². The van der Waals surface area contributed by atoms with Crippen LogP contribution in [0.2, 0.25) is 5.02 Å². The van der Waals surface area contributed by atoms with Gasteiger partial charge in [0.05, 0.1) is 0 Å². The summed E-state index contributed by atoms with van der Waals surface area (Å²) in [6.45, 7) is 5.19. The summed E-state index contributed by atoms with van der Waals surface area (Å²) in [4.78, 5) is 0. The van der Waals surface area contributed by atoms with E-state index >= 15 is 0 Å². The molecule has 0 bridgehead atoms. The second kappa shape index (κ2) is 6.08. The highest BCUT2D eigenvalue weighted by molar-refractivity contribution is 6.30. The number of fused-ring (bicyclic) bond motifs is 1. The van der Waals surface area contributed by atoms with Gasteiger partial charge in [-0.1, -0.05) is 42.8 Å². The van der Waals surface area contributed by atoms with Crippen molar-refractivity contribution >= 4 is 11.6 Å². The van der Waals surface area contributed by atoms with Gasteiger partial charge in [0.25, 0.3) is 0 Å². The Labute approximate surface area is 131 Å². The maximum absolute atomic E-state index is 6.23. The van der Waals surface area contributed by atoms with Crippen molar-refractivity contribution in [3.8, 4) is 5.75 Å². The molecule has 3 rings (SSSR count). The molecule has 2 aromatic rings. The van der Waals surface area contributed by atoms with E-state index in [1.165, 1.54) is 11.1 Å². The van der Waals surface area contributed by atoms with Crippen LogP contribution in [0.3, 0.4) is 0 Å². The van der Waals surface area contributed by atoms with Gasteiger partial charge in [-0.2, -0.15) is 0 Å². The normalized spacial score (nSPS) is 20.7. The van der Waals surface area contributed by atoms with Gasteiger partial charge in [0.15, 0.2) is 0 Å². The summed E-state index contributed by atoms with van der Waals surface area (Å²) in [7, 11) is 0. The first-order valence-corrected chi connectivity index (χ1v) is 7.82. The lowest BCUT2D eigenvalue weighted by molar-refractivity contribution is 0.151. The van der Waals surface area contributed by atoms with Gasteiger partial charge in [-0.3, -0.25) is 0 Å². The summed E-state index contributed by atoms with van der Waals surface area (Å²) >= 11 is 6.14. The molecule has 0 radical (unpaired) electrons. The molecule has 110 valence electrons. The third kappa shape index (κ3) is 2.92. The molecule has 1 aliphatic rings. The number of nitrogens with one attached hydrogen (secondary N) is 1. The molecule has 1 aliphatic heterocycles. The molecule has 0 aliphatic carbocycles. The third-order valence-corrected chi connectivity index (χ3v) is 4.29. The Balaban J connectivity index is 1.98. The summed E-state index contributed by atoms with van der Waals surface area (Å²) in [6, 6.07) is 14.6. The highest BCUT2D eigenvalue weighted by Crippen LogP contribution is 2.42. The van der Waals surface area contributed by atoms with E-state index in [1.54, 1.807) is 0 Å². The lowest BCUT2D eigenvalue weighted by Crippen LogP contribution is -2.29. The minimum absolute atomic E-state index is 0.0870. The van der Waals surface area contributed by atoms with E-state index in [2.05, 4.69) is 43.4 Å².